The van der Waals surface area contributed by atoms with Gasteiger partial charge in [0.1, 0.15) is 19.3 Å². The van der Waals surface area contributed by atoms with E-state index in [1.54, 1.807) is 18.2 Å². The molecule has 3 N–H and O–H groups in total. The number of allylic oxidation sites excluding steroid dienone is 32. The zero-order valence-corrected chi connectivity index (χ0v) is 66.8. The molecule has 0 aliphatic rings. The lowest BCUT2D eigenvalue weighted by Gasteiger charge is -2.21. The zero-order valence-electron chi connectivity index (χ0n) is 65.0. The number of carbonyl (C=O) groups excluding carboxylic acids is 4. The number of ether oxygens (including phenoxy) is 4. The Hall–Kier alpha value is -6.36. The molecule has 0 rings (SSSR count). The molecule has 19 heteroatoms. The lowest BCUT2D eigenvalue weighted by molar-refractivity contribution is -0.161. The van der Waals surface area contributed by atoms with Crippen molar-refractivity contribution in [2.45, 2.75) is 277 Å². The predicted molar refractivity (Wildman–Crippen MR) is 435 cm³/mol. The molecule has 5 unspecified atom stereocenters. The van der Waals surface area contributed by atoms with Gasteiger partial charge in [-0.05, 0) is 148 Å². The van der Waals surface area contributed by atoms with E-state index in [4.69, 9.17) is 37.0 Å². The van der Waals surface area contributed by atoms with Crippen LogP contribution in [0.15, 0.2) is 207 Å². The fourth-order valence-electron chi connectivity index (χ4n) is 9.49. The fraction of sp³-hybridized carbons (Fsp3) is 0.563. The van der Waals surface area contributed by atoms with Crippen molar-refractivity contribution in [1.29, 1.82) is 0 Å². The lowest BCUT2D eigenvalue weighted by atomic mass is 10.1. The van der Waals surface area contributed by atoms with Crippen molar-refractivity contribution in [2.75, 3.05) is 39.6 Å². The van der Waals surface area contributed by atoms with Crippen molar-refractivity contribution in [2.24, 2.45) is 0 Å². The number of carbonyl (C=O) groups is 4. The molecule has 5 atom stereocenters. The highest BCUT2D eigenvalue weighted by Crippen LogP contribution is 2.45. The van der Waals surface area contributed by atoms with Crippen LogP contribution < -0.4 is 0 Å². The van der Waals surface area contributed by atoms with Gasteiger partial charge in [-0.15, -0.1) is 0 Å². The summed E-state index contributed by atoms with van der Waals surface area (Å²) >= 11 is 0. The molecule has 0 spiro atoms. The largest absolute Gasteiger partial charge is 0.472 e. The van der Waals surface area contributed by atoms with E-state index in [9.17, 15) is 43.2 Å². The van der Waals surface area contributed by atoms with Gasteiger partial charge in [0.15, 0.2) is 12.2 Å². The Morgan fingerprint density at radius 2 is 0.509 bits per heavy atom. The summed E-state index contributed by atoms with van der Waals surface area (Å²) in [5, 5.41) is 10.6. The van der Waals surface area contributed by atoms with E-state index in [-0.39, 0.29) is 25.7 Å². The van der Waals surface area contributed by atoms with Crippen LogP contribution in [0.25, 0.3) is 0 Å². The minimum Gasteiger partial charge on any atom is -0.462 e. The van der Waals surface area contributed by atoms with Gasteiger partial charge in [0.25, 0.3) is 0 Å². The standard InChI is InChI=1S/C87H136O17P2/c1-5-9-13-17-21-25-29-33-37-39-40-42-45-48-52-56-60-64-68-72-85(90)98-78-83(104-87(92)74-70-66-62-58-54-50-46-41-38-34-30-26-22-18-14-10-6-2)80-102-106(95,96)100-76-81(88)75-99-105(93,94)101-79-82(103-86(91)73-69-65-61-57-53-49-44-36-32-28-24-20-16-12-8-4)77-97-84(89)71-67-63-59-55-51-47-43-35-31-27-23-19-15-11-7-3/h9-16,21-28,33-38,40,42-44,51,53,55,57,63,65,67,69,81-83,88H,5-8,17-20,29-32,39,41,45-50,52,54,56,58-62,64,66,68,70-80H2,1-4H3,(H,93,94)(H,95,96)/b13-9-,14-10-,15-11-,16-12-,25-21-,26-22-,27-23-,28-24-,37-33-,38-34-,42-40-,43-35-,44-36-,55-51-,57-53-,67-63-,69-65-. The van der Waals surface area contributed by atoms with Crippen molar-refractivity contribution in [1.82, 2.24) is 0 Å². The number of aliphatic hydroxyl groups is 1. The predicted octanol–water partition coefficient (Wildman–Crippen LogP) is 23.1. The van der Waals surface area contributed by atoms with E-state index in [1.807, 2.05) is 30.4 Å². The second kappa shape index (κ2) is 76.8. The average Bonchev–Trinajstić information content (AvgIpc) is 0.899. The van der Waals surface area contributed by atoms with Gasteiger partial charge < -0.3 is 33.8 Å². The first-order valence-corrected chi connectivity index (χ1v) is 42.3. The molecule has 0 aromatic carbocycles. The second-order valence-electron chi connectivity index (χ2n) is 25.2. The van der Waals surface area contributed by atoms with Crippen LogP contribution >= 0.6 is 15.6 Å². The van der Waals surface area contributed by atoms with Gasteiger partial charge in [0, 0.05) is 12.8 Å². The van der Waals surface area contributed by atoms with E-state index in [2.05, 4.69) is 186 Å². The number of phosphoric acid groups is 2. The number of aliphatic hydroxyl groups excluding tert-OH is 1. The third-order valence-corrected chi connectivity index (χ3v) is 17.2. The van der Waals surface area contributed by atoms with E-state index in [1.165, 1.54) is 0 Å². The quantitative estimate of drug-likeness (QED) is 0.0169. The summed E-state index contributed by atoms with van der Waals surface area (Å²) in [5.41, 5.74) is 0. The Balaban J connectivity index is 5.53. The fourth-order valence-corrected chi connectivity index (χ4v) is 11.1. The van der Waals surface area contributed by atoms with Crippen LogP contribution in [-0.4, -0.2) is 96.7 Å². The maximum atomic E-state index is 13.1. The Kier molecular flexibility index (Phi) is 72.2. The summed E-state index contributed by atoms with van der Waals surface area (Å²) in [6.45, 7) is 4.13. The molecular weight excluding hydrogens is 1380 g/mol. The molecule has 0 aliphatic carbocycles. The first-order valence-electron chi connectivity index (χ1n) is 39.3. The number of esters is 4. The summed E-state index contributed by atoms with van der Waals surface area (Å²) in [6.07, 6.45) is 95.9. The van der Waals surface area contributed by atoms with Crippen LogP contribution in [0.5, 0.6) is 0 Å². The zero-order chi connectivity index (χ0) is 77.4. The highest BCUT2D eigenvalue weighted by molar-refractivity contribution is 7.47. The van der Waals surface area contributed by atoms with Gasteiger partial charge in [-0.3, -0.25) is 37.3 Å². The van der Waals surface area contributed by atoms with Crippen LogP contribution in [0.3, 0.4) is 0 Å². The first kappa shape index (κ1) is 99.6. The first-order chi connectivity index (χ1) is 51.7. The van der Waals surface area contributed by atoms with Crippen molar-refractivity contribution in [3.63, 3.8) is 0 Å². The molecule has 106 heavy (non-hydrogen) atoms. The average molecular weight is 1520 g/mol. The monoisotopic (exact) mass is 1510 g/mol. The Bertz CT molecular complexity index is 2830. The van der Waals surface area contributed by atoms with Gasteiger partial charge in [0.05, 0.1) is 39.3 Å². The van der Waals surface area contributed by atoms with Crippen LogP contribution in [0.2, 0.25) is 0 Å². The number of hydrogen-bond donors (Lipinski definition) is 3. The molecule has 596 valence electrons. The van der Waals surface area contributed by atoms with Gasteiger partial charge in [0.2, 0.25) is 0 Å². The highest BCUT2D eigenvalue weighted by atomic mass is 31.2. The Labute approximate surface area is 639 Å². The molecule has 0 heterocycles. The van der Waals surface area contributed by atoms with Crippen molar-refractivity contribution in [3.05, 3.63) is 207 Å². The van der Waals surface area contributed by atoms with Crippen LogP contribution in [0.4, 0.5) is 0 Å². The molecule has 0 saturated carbocycles. The Morgan fingerprint density at radius 3 is 0.830 bits per heavy atom. The summed E-state index contributed by atoms with van der Waals surface area (Å²) in [4.78, 5) is 72.9. The molecule has 0 saturated heterocycles. The number of hydrogen-bond acceptors (Lipinski definition) is 15. The topological polar surface area (TPSA) is 237 Å². The SMILES string of the molecule is CC/C=C\C/C=C\C/C=C\C/C=C\C/C=C\CC(=O)OCC(COP(=O)(O)OCC(O)COP(=O)(O)OCC(COC(=O)CCCCCCCC/C=C\C/C=C\C/C=C\C/C=C\CC)OC(=O)CCCCCCCCC/C=C\C/C=C\C/C=C\CC)OC(=O)C/C=C\C/C=C\C/C=C\C/C=C\C/C=C\CC. The lowest BCUT2D eigenvalue weighted by Crippen LogP contribution is -2.30. The molecule has 17 nitrogen and oxygen atoms in total. The van der Waals surface area contributed by atoms with Crippen LogP contribution in [-0.2, 0) is 65.4 Å². The van der Waals surface area contributed by atoms with Crippen molar-refractivity contribution >= 4 is 39.5 Å². The van der Waals surface area contributed by atoms with Gasteiger partial charge >= 0.3 is 39.5 Å². The maximum Gasteiger partial charge on any atom is 0.472 e. The summed E-state index contributed by atoms with van der Waals surface area (Å²) in [7, 11) is -10.0. The van der Waals surface area contributed by atoms with E-state index in [0.717, 1.165) is 180 Å². The summed E-state index contributed by atoms with van der Waals surface area (Å²) < 4.78 is 68.3. The van der Waals surface area contributed by atoms with Crippen LogP contribution in [0.1, 0.15) is 259 Å². The molecule has 0 fully saturated rings. The van der Waals surface area contributed by atoms with Crippen molar-refractivity contribution in [3.8, 4) is 0 Å². The van der Waals surface area contributed by atoms with Gasteiger partial charge in [-0.1, -0.05) is 292 Å². The molecule has 0 bridgehead atoms. The number of unbranched alkanes of at least 4 members (excludes halogenated alkanes) is 13. The molecule has 0 amide bonds. The minimum atomic E-state index is -5.03. The third kappa shape index (κ3) is 75.9. The van der Waals surface area contributed by atoms with Gasteiger partial charge in [-0.2, -0.15) is 0 Å². The van der Waals surface area contributed by atoms with Crippen molar-refractivity contribution < 1.29 is 80.2 Å². The van der Waals surface area contributed by atoms with E-state index >= 15 is 0 Å². The molecule has 0 radical (unpaired) electrons. The number of phosphoric ester groups is 2. The number of rotatable bonds is 71. The highest BCUT2D eigenvalue weighted by Gasteiger charge is 2.30. The van der Waals surface area contributed by atoms with Crippen LogP contribution in [0, 0.1) is 0 Å². The second-order valence-corrected chi connectivity index (χ2v) is 28.1. The third-order valence-electron chi connectivity index (χ3n) is 15.3. The summed E-state index contributed by atoms with van der Waals surface area (Å²) in [5.74, 6) is -2.52. The smallest absolute Gasteiger partial charge is 0.462 e. The molecule has 0 aromatic rings. The van der Waals surface area contributed by atoms with Gasteiger partial charge in [-0.25, -0.2) is 9.13 Å². The molecular formula is C87H136O17P2. The molecule has 0 aliphatic heterocycles. The van der Waals surface area contributed by atoms with E-state index < -0.39 is 97.5 Å². The normalized spacial score (nSPS) is 15.0. The maximum absolute atomic E-state index is 13.1. The summed E-state index contributed by atoms with van der Waals surface area (Å²) in [6, 6.07) is 0. The Morgan fingerprint density at radius 1 is 0.274 bits per heavy atom. The molecule has 0 aromatic heterocycles. The van der Waals surface area contributed by atoms with E-state index in [0.29, 0.717) is 25.7 Å². The minimum absolute atomic E-state index is 0.0669.